The third-order valence-corrected chi connectivity index (χ3v) is 4.55. The Labute approximate surface area is 123 Å². The number of nitrogens with one attached hydrogen (secondary N) is 1. The maximum Gasteiger partial charge on any atom is 0.120 e. The van der Waals surface area contributed by atoms with Gasteiger partial charge < -0.3 is 14.8 Å². The lowest BCUT2D eigenvalue weighted by Gasteiger charge is -2.25. The minimum Gasteiger partial charge on any atom is -0.497 e. The Kier molecular flexibility index (Phi) is 5.25. The fraction of sp³-hybridized carbons (Fsp3) is 0.600. The monoisotopic (exact) mass is 327 g/mol. The van der Waals surface area contributed by atoms with Crippen molar-refractivity contribution >= 4 is 15.9 Å². The normalized spacial score (nSPS) is 22.2. The number of benzene rings is 1. The highest BCUT2D eigenvalue weighted by Crippen LogP contribution is 2.28. The van der Waals surface area contributed by atoms with E-state index in [0.29, 0.717) is 18.0 Å². The summed E-state index contributed by atoms with van der Waals surface area (Å²) in [5.41, 5.74) is 1.26. The second kappa shape index (κ2) is 6.73. The van der Waals surface area contributed by atoms with E-state index in [0.717, 1.165) is 29.9 Å². The van der Waals surface area contributed by atoms with Crippen molar-refractivity contribution < 1.29 is 9.47 Å². The maximum absolute atomic E-state index is 5.45. The number of hydrogen-bond acceptors (Lipinski definition) is 3. The Morgan fingerprint density at radius 2 is 2.21 bits per heavy atom. The van der Waals surface area contributed by atoms with E-state index in [1.807, 2.05) is 12.1 Å². The molecule has 1 saturated heterocycles. The van der Waals surface area contributed by atoms with E-state index < -0.39 is 0 Å². The van der Waals surface area contributed by atoms with Gasteiger partial charge in [0.2, 0.25) is 0 Å². The first kappa shape index (κ1) is 14.8. The molecule has 0 bridgehead atoms. The molecule has 0 aliphatic carbocycles. The fourth-order valence-corrected chi connectivity index (χ4v) is 3.25. The number of rotatable bonds is 5. The molecular formula is C15H22BrNO2. The fourth-order valence-electron chi connectivity index (χ4n) is 2.55. The minimum absolute atomic E-state index is 0.302. The topological polar surface area (TPSA) is 30.5 Å². The van der Waals surface area contributed by atoms with Gasteiger partial charge in [0.1, 0.15) is 5.75 Å². The van der Waals surface area contributed by atoms with Crippen molar-refractivity contribution in [3.05, 3.63) is 28.2 Å². The average Bonchev–Trinajstić information content (AvgIpc) is 2.92. The van der Waals surface area contributed by atoms with Crippen LogP contribution in [0.2, 0.25) is 0 Å². The van der Waals surface area contributed by atoms with Crippen molar-refractivity contribution in [3.63, 3.8) is 0 Å². The quantitative estimate of drug-likeness (QED) is 0.897. The summed E-state index contributed by atoms with van der Waals surface area (Å²) in [7, 11) is 1.69. The van der Waals surface area contributed by atoms with Crippen LogP contribution in [0.4, 0.5) is 0 Å². The van der Waals surface area contributed by atoms with Crippen LogP contribution in [0.25, 0.3) is 0 Å². The van der Waals surface area contributed by atoms with Gasteiger partial charge in [0.05, 0.1) is 13.7 Å². The molecular weight excluding hydrogens is 306 g/mol. The SMILES string of the molecule is COc1ccc([C@H](C)N[C@H](C)[C@@H]2CCOC2)c(Br)c1. The van der Waals surface area contributed by atoms with Crippen molar-refractivity contribution in [1.82, 2.24) is 5.32 Å². The molecule has 4 heteroatoms. The molecule has 0 unspecified atom stereocenters. The lowest BCUT2D eigenvalue weighted by molar-refractivity contribution is 0.177. The third kappa shape index (κ3) is 3.71. The summed E-state index contributed by atoms with van der Waals surface area (Å²) >= 11 is 3.62. The van der Waals surface area contributed by atoms with E-state index in [4.69, 9.17) is 9.47 Å². The van der Waals surface area contributed by atoms with Gasteiger partial charge in [-0.1, -0.05) is 22.0 Å². The molecule has 106 valence electrons. The first-order chi connectivity index (χ1) is 9.11. The smallest absolute Gasteiger partial charge is 0.120 e. The minimum atomic E-state index is 0.302. The van der Waals surface area contributed by atoms with Crippen LogP contribution < -0.4 is 10.1 Å². The first-order valence-corrected chi connectivity index (χ1v) is 7.58. The van der Waals surface area contributed by atoms with E-state index in [1.54, 1.807) is 7.11 Å². The van der Waals surface area contributed by atoms with Gasteiger partial charge in [0.25, 0.3) is 0 Å². The second-order valence-corrected chi connectivity index (χ2v) is 6.04. The van der Waals surface area contributed by atoms with Gasteiger partial charge in [-0.2, -0.15) is 0 Å². The standard InChI is InChI=1S/C15H22BrNO2/c1-10(12-6-7-19-9-12)17-11(2)14-5-4-13(18-3)8-15(14)16/h4-5,8,10-12,17H,6-7,9H2,1-3H3/t10-,11+,12-/m1/s1. The van der Waals surface area contributed by atoms with Crippen molar-refractivity contribution in [2.45, 2.75) is 32.4 Å². The molecule has 0 saturated carbocycles. The molecule has 1 aromatic carbocycles. The number of methoxy groups -OCH3 is 1. The largest absolute Gasteiger partial charge is 0.497 e. The Morgan fingerprint density at radius 3 is 2.79 bits per heavy atom. The average molecular weight is 328 g/mol. The van der Waals surface area contributed by atoms with Gasteiger partial charge in [-0.05, 0) is 43.9 Å². The van der Waals surface area contributed by atoms with E-state index in [9.17, 15) is 0 Å². The lowest BCUT2D eigenvalue weighted by Crippen LogP contribution is -2.35. The van der Waals surface area contributed by atoms with Gasteiger partial charge in [0.15, 0.2) is 0 Å². The van der Waals surface area contributed by atoms with E-state index in [1.165, 1.54) is 5.56 Å². The molecule has 0 amide bonds. The van der Waals surface area contributed by atoms with Gasteiger partial charge >= 0.3 is 0 Å². The van der Waals surface area contributed by atoms with E-state index >= 15 is 0 Å². The molecule has 1 aromatic rings. The third-order valence-electron chi connectivity index (χ3n) is 3.86. The van der Waals surface area contributed by atoms with Crippen LogP contribution in [0.15, 0.2) is 22.7 Å². The van der Waals surface area contributed by atoms with Crippen molar-refractivity contribution in [1.29, 1.82) is 0 Å². The van der Waals surface area contributed by atoms with Gasteiger partial charge in [-0.15, -0.1) is 0 Å². The summed E-state index contributed by atoms with van der Waals surface area (Å²) in [5.74, 6) is 1.50. The number of halogens is 1. The number of ether oxygens (including phenoxy) is 2. The highest BCUT2D eigenvalue weighted by molar-refractivity contribution is 9.10. The molecule has 3 nitrogen and oxygen atoms in total. The molecule has 2 rings (SSSR count). The zero-order chi connectivity index (χ0) is 13.8. The molecule has 0 radical (unpaired) electrons. The molecule has 3 atom stereocenters. The summed E-state index contributed by atoms with van der Waals surface area (Å²) in [5, 5.41) is 3.67. The second-order valence-electron chi connectivity index (χ2n) is 5.19. The molecule has 1 aliphatic heterocycles. The summed E-state index contributed by atoms with van der Waals surface area (Å²) in [6.45, 7) is 6.22. The predicted octanol–water partition coefficient (Wildman–Crippen LogP) is 3.53. The molecule has 1 N–H and O–H groups in total. The maximum atomic E-state index is 5.45. The van der Waals surface area contributed by atoms with Crippen LogP contribution in [0.1, 0.15) is 31.9 Å². The van der Waals surface area contributed by atoms with Crippen molar-refractivity contribution in [2.24, 2.45) is 5.92 Å². The van der Waals surface area contributed by atoms with Crippen molar-refractivity contribution in [3.8, 4) is 5.75 Å². The zero-order valence-electron chi connectivity index (χ0n) is 11.8. The summed E-state index contributed by atoms with van der Waals surface area (Å²) < 4.78 is 11.8. The predicted molar refractivity (Wildman–Crippen MR) is 80.6 cm³/mol. The van der Waals surface area contributed by atoms with Crippen LogP contribution in [0.3, 0.4) is 0 Å². The van der Waals surface area contributed by atoms with E-state index in [-0.39, 0.29) is 0 Å². The molecule has 0 aromatic heterocycles. The highest BCUT2D eigenvalue weighted by Gasteiger charge is 2.24. The molecule has 1 heterocycles. The molecule has 19 heavy (non-hydrogen) atoms. The molecule has 0 spiro atoms. The Bertz CT molecular complexity index is 419. The van der Waals surface area contributed by atoms with Gasteiger partial charge in [-0.25, -0.2) is 0 Å². The van der Waals surface area contributed by atoms with Crippen molar-refractivity contribution in [2.75, 3.05) is 20.3 Å². The first-order valence-electron chi connectivity index (χ1n) is 6.79. The molecule has 1 aliphatic rings. The van der Waals surface area contributed by atoms with Crippen LogP contribution in [0, 0.1) is 5.92 Å². The van der Waals surface area contributed by atoms with Crippen LogP contribution in [-0.2, 0) is 4.74 Å². The van der Waals surface area contributed by atoms with Crippen LogP contribution >= 0.6 is 15.9 Å². The lowest BCUT2D eigenvalue weighted by atomic mass is 9.98. The van der Waals surface area contributed by atoms with Gasteiger partial charge in [-0.3, -0.25) is 0 Å². The van der Waals surface area contributed by atoms with Crippen LogP contribution in [0.5, 0.6) is 5.75 Å². The summed E-state index contributed by atoms with van der Waals surface area (Å²) in [6.07, 6.45) is 1.16. The zero-order valence-corrected chi connectivity index (χ0v) is 13.4. The Morgan fingerprint density at radius 1 is 1.42 bits per heavy atom. The number of hydrogen-bond donors (Lipinski definition) is 1. The van der Waals surface area contributed by atoms with E-state index in [2.05, 4.69) is 41.2 Å². The molecule has 1 fully saturated rings. The Hall–Kier alpha value is -0.580. The summed E-state index contributed by atoms with van der Waals surface area (Å²) in [4.78, 5) is 0. The van der Waals surface area contributed by atoms with Crippen LogP contribution in [-0.4, -0.2) is 26.4 Å². The Balaban J connectivity index is 2.00. The van der Waals surface area contributed by atoms with Gasteiger partial charge in [0, 0.05) is 23.2 Å². The summed E-state index contributed by atoms with van der Waals surface area (Å²) in [6, 6.07) is 6.89. The highest BCUT2D eigenvalue weighted by atomic mass is 79.9.